The van der Waals surface area contributed by atoms with Crippen molar-refractivity contribution < 1.29 is 9.59 Å². The highest BCUT2D eigenvalue weighted by molar-refractivity contribution is 7.98. The molecule has 0 aliphatic heterocycles. The SMILES string of the molecule is CSCC[C@@H](NC(=O)C1CC1)C(=O)NCCCn1nc(C)cc1C. The molecule has 0 bridgehead atoms. The zero-order valence-corrected chi connectivity index (χ0v) is 15.6. The molecule has 1 aromatic rings. The summed E-state index contributed by atoms with van der Waals surface area (Å²) < 4.78 is 1.96. The lowest BCUT2D eigenvalue weighted by Crippen LogP contribution is -2.47. The largest absolute Gasteiger partial charge is 0.354 e. The van der Waals surface area contributed by atoms with E-state index in [0.29, 0.717) is 13.0 Å². The second-order valence-electron chi connectivity index (χ2n) is 6.41. The van der Waals surface area contributed by atoms with Crippen LogP contribution in [0, 0.1) is 19.8 Å². The monoisotopic (exact) mass is 352 g/mol. The first-order valence-electron chi connectivity index (χ1n) is 8.59. The summed E-state index contributed by atoms with van der Waals surface area (Å²) in [5.74, 6) is 0.931. The number of aromatic nitrogens is 2. The Morgan fingerprint density at radius 2 is 2.17 bits per heavy atom. The van der Waals surface area contributed by atoms with Gasteiger partial charge in [0.05, 0.1) is 5.69 Å². The van der Waals surface area contributed by atoms with Gasteiger partial charge in [0.1, 0.15) is 6.04 Å². The van der Waals surface area contributed by atoms with Gasteiger partial charge in [-0.25, -0.2) is 0 Å². The number of amides is 2. The lowest BCUT2D eigenvalue weighted by molar-refractivity contribution is -0.129. The molecule has 7 heteroatoms. The molecular weight excluding hydrogens is 324 g/mol. The molecule has 134 valence electrons. The number of rotatable bonds is 10. The fraction of sp³-hybridized carbons (Fsp3) is 0.706. The highest BCUT2D eigenvalue weighted by Gasteiger charge is 2.32. The fourth-order valence-corrected chi connectivity index (χ4v) is 3.08. The lowest BCUT2D eigenvalue weighted by atomic mass is 10.2. The van der Waals surface area contributed by atoms with Gasteiger partial charge >= 0.3 is 0 Å². The van der Waals surface area contributed by atoms with Gasteiger partial charge in [0.2, 0.25) is 11.8 Å². The van der Waals surface area contributed by atoms with Crippen LogP contribution in [-0.4, -0.2) is 46.2 Å². The molecule has 0 saturated heterocycles. The maximum atomic E-state index is 12.4. The zero-order chi connectivity index (χ0) is 17.5. The summed E-state index contributed by atoms with van der Waals surface area (Å²) in [5.41, 5.74) is 2.14. The molecule has 6 nitrogen and oxygen atoms in total. The van der Waals surface area contributed by atoms with E-state index < -0.39 is 6.04 Å². The van der Waals surface area contributed by atoms with Crippen LogP contribution in [0.4, 0.5) is 0 Å². The van der Waals surface area contributed by atoms with E-state index in [4.69, 9.17) is 0 Å². The van der Waals surface area contributed by atoms with Crippen molar-refractivity contribution >= 4 is 23.6 Å². The van der Waals surface area contributed by atoms with Crippen LogP contribution in [0.5, 0.6) is 0 Å². The van der Waals surface area contributed by atoms with Gasteiger partial charge in [-0.2, -0.15) is 16.9 Å². The normalized spacial score (nSPS) is 15.1. The van der Waals surface area contributed by atoms with Gasteiger partial charge in [-0.15, -0.1) is 0 Å². The average Bonchev–Trinajstić information content (AvgIpc) is 3.33. The first-order valence-corrected chi connectivity index (χ1v) is 9.98. The van der Waals surface area contributed by atoms with Crippen LogP contribution in [-0.2, 0) is 16.1 Å². The van der Waals surface area contributed by atoms with Crippen LogP contribution in [0.2, 0.25) is 0 Å². The first-order chi connectivity index (χ1) is 11.5. The number of carbonyl (C=O) groups excluding carboxylic acids is 2. The molecule has 1 saturated carbocycles. The van der Waals surface area contributed by atoms with E-state index in [0.717, 1.165) is 42.9 Å². The number of hydrogen-bond donors (Lipinski definition) is 2. The molecule has 2 amide bonds. The minimum atomic E-state index is -0.417. The van der Waals surface area contributed by atoms with E-state index in [1.54, 1.807) is 11.8 Å². The van der Waals surface area contributed by atoms with Gasteiger partial charge in [0.15, 0.2) is 0 Å². The van der Waals surface area contributed by atoms with E-state index >= 15 is 0 Å². The Balaban J connectivity index is 1.74. The molecule has 1 aliphatic carbocycles. The summed E-state index contributed by atoms with van der Waals surface area (Å²) in [4.78, 5) is 24.3. The number of carbonyl (C=O) groups is 2. The Kier molecular flexibility index (Phi) is 7.15. The summed E-state index contributed by atoms with van der Waals surface area (Å²) in [5, 5.41) is 10.3. The molecule has 2 N–H and O–H groups in total. The van der Waals surface area contributed by atoms with Crippen molar-refractivity contribution in [2.45, 2.75) is 52.1 Å². The Bertz CT molecular complexity index is 569. The minimum absolute atomic E-state index is 0.0268. The molecule has 0 unspecified atom stereocenters. The molecule has 0 radical (unpaired) electrons. The highest BCUT2D eigenvalue weighted by Crippen LogP contribution is 2.29. The Morgan fingerprint density at radius 1 is 1.42 bits per heavy atom. The van der Waals surface area contributed by atoms with Gasteiger partial charge in [0.25, 0.3) is 0 Å². The van der Waals surface area contributed by atoms with Gasteiger partial charge in [-0.3, -0.25) is 14.3 Å². The van der Waals surface area contributed by atoms with Crippen LogP contribution in [0.15, 0.2) is 6.07 Å². The van der Waals surface area contributed by atoms with E-state index in [-0.39, 0.29) is 17.7 Å². The summed E-state index contributed by atoms with van der Waals surface area (Å²) in [6.07, 6.45) is 5.39. The highest BCUT2D eigenvalue weighted by atomic mass is 32.2. The zero-order valence-electron chi connectivity index (χ0n) is 14.8. The third kappa shape index (κ3) is 5.85. The summed E-state index contributed by atoms with van der Waals surface area (Å²) in [7, 11) is 0. The predicted molar refractivity (Wildman–Crippen MR) is 97.0 cm³/mol. The van der Waals surface area contributed by atoms with E-state index in [1.165, 1.54) is 0 Å². The Morgan fingerprint density at radius 3 is 2.75 bits per heavy atom. The van der Waals surface area contributed by atoms with Crippen molar-refractivity contribution in [1.29, 1.82) is 0 Å². The molecule has 1 aromatic heterocycles. The van der Waals surface area contributed by atoms with Crippen LogP contribution in [0.3, 0.4) is 0 Å². The number of nitrogens with zero attached hydrogens (tertiary/aromatic N) is 2. The minimum Gasteiger partial charge on any atom is -0.354 e. The van der Waals surface area contributed by atoms with Crippen molar-refractivity contribution in [2.75, 3.05) is 18.6 Å². The quantitative estimate of drug-likeness (QED) is 0.628. The maximum absolute atomic E-state index is 12.4. The van der Waals surface area contributed by atoms with Gasteiger partial charge in [-0.1, -0.05) is 0 Å². The number of hydrogen-bond acceptors (Lipinski definition) is 4. The van der Waals surface area contributed by atoms with Gasteiger partial charge in [-0.05, 0) is 57.6 Å². The van der Waals surface area contributed by atoms with Crippen molar-refractivity contribution in [3.63, 3.8) is 0 Å². The molecule has 1 heterocycles. The first kappa shape index (κ1) is 18.8. The van der Waals surface area contributed by atoms with E-state index in [9.17, 15) is 9.59 Å². The number of aryl methyl sites for hydroxylation is 3. The van der Waals surface area contributed by atoms with Gasteiger partial charge < -0.3 is 10.6 Å². The molecule has 24 heavy (non-hydrogen) atoms. The van der Waals surface area contributed by atoms with Gasteiger partial charge in [0, 0.05) is 24.7 Å². The van der Waals surface area contributed by atoms with E-state index in [1.807, 2.05) is 30.9 Å². The molecule has 2 rings (SSSR count). The second kappa shape index (κ2) is 9.11. The van der Waals surface area contributed by atoms with Crippen molar-refractivity contribution in [1.82, 2.24) is 20.4 Å². The van der Waals surface area contributed by atoms with Crippen molar-refractivity contribution in [3.05, 3.63) is 17.5 Å². The van der Waals surface area contributed by atoms with Crippen LogP contribution >= 0.6 is 11.8 Å². The molecule has 0 aromatic carbocycles. The summed E-state index contributed by atoms with van der Waals surface area (Å²) in [6, 6.07) is 1.63. The van der Waals surface area contributed by atoms with Crippen LogP contribution < -0.4 is 10.6 Å². The number of nitrogens with one attached hydrogen (secondary N) is 2. The summed E-state index contributed by atoms with van der Waals surface area (Å²) >= 11 is 1.69. The predicted octanol–water partition coefficient (Wildman–Crippen LogP) is 1.65. The Hall–Kier alpha value is -1.50. The van der Waals surface area contributed by atoms with Crippen LogP contribution in [0.1, 0.15) is 37.1 Å². The molecular formula is C17H28N4O2S. The topological polar surface area (TPSA) is 76.0 Å². The second-order valence-corrected chi connectivity index (χ2v) is 7.40. The smallest absolute Gasteiger partial charge is 0.242 e. The standard InChI is InChI=1S/C17H28N4O2S/c1-12-11-13(2)21(20-12)9-4-8-18-17(23)15(7-10-24-3)19-16(22)14-5-6-14/h11,14-15H,4-10H2,1-3H3,(H,18,23)(H,19,22)/t15-/m1/s1. The van der Waals surface area contributed by atoms with E-state index in [2.05, 4.69) is 15.7 Å². The molecule has 0 spiro atoms. The molecule has 1 aliphatic rings. The Labute approximate surface area is 148 Å². The molecule has 1 atom stereocenters. The third-order valence-electron chi connectivity index (χ3n) is 4.14. The fourth-order valence-electron chi connectivity index (χ4n) is 2.60. The lowest BCUT2D eigenvalue weighted by Gasteiger charge is -2.18. The van der Waals surface area contributed by atoms with Crippen LogP contribution in [0.25, 0.3) is 0 Å². The van der Waals surface area contributed by atoms with Crippen molar-refractivity contribution in [2.24, 2.45) is 5.92 Å². The van der Waals surface area contributed by atoms with Crippen molar-refractivity contribution in [3.8, 4) is 0 Å². The molecule has 1 fully saturated rings. The third-order valence-corrected chi connectivity index (χ3v) is 4.79. The average molecular weight is 353 g/mol. The number of thioether (sulfide) groups is 1. The summed E-state index contributed by atoms with van der Waals surface area (Å²) in [6.45, 7) is 5.38. The maximum Gasteiger partial charge on any atom is 0.242 e.